The first-order valence-electron chi connectivity index (χ1n) is 7.90. The van der Waals surface area contributed by atoms with Gasteiger partial charge in [0.15, 0.2) is 0 Å². The zero-order valence-corrected chi connectivity index (χ0v) is 12.7. The summed E-state index contributed by atoms with van der Waals surface area (Å²) in [7, 11) is 0. The number of benzene rings is 1. The lowest BCUT2D eigenvalue weighted by atomic mass is 9.93. The largest absolute Gasteiger partial charge is 0.314 e. The lowest BCUT2D eigenvalue weighted by Gasteiger charge is -2.37. The third-order valence-corrected chi connectivity index (χ3v) is 4.30. The Labute approximate surface area is 122 Å². The average molecular weight is 278 g/mol. The highest BCUT2D eigenvalue weighted by Gasteiger charge is 2.25. The fourth-order valence-electron chi connectivity index (χ4n) is 3.05. The van der Waals surface area contributed by atoms with Crippen LogP contribution in [0.4, 0.5) is 4.39 Å². The van der Waals surface area contributed by atoms with Crippen LogP contribution in [-0.4, -0.2) is 37.1 Å². The average Bonchev–Trinajstić information content (AvgIpc) is 2.45. The van der Waals surface area contributed by atoms with E-state index in [4.69, 9.17) is 0 Å². The van der Waals surface area contributed by atoms with E-state index < -0.39 is 0 Å². The first-order valence-corrected chi connectivity index (χ1v) is 7.90. The van der Waals surface area contributed by atoms with Crippen molar-refractivity contribution >= 4 is 0 Å². The third kappa shape index (κ3) is 4.29. The maximum Gasteiger partial charge on any atom is 0.126 e. The zero-order chi connectivity index (χ0) is 14.4. The molecule has 0 radical (unpaired) electrons. The van der Waals surface area contributed by atoms with Crippen LogP contribution in [0, 0.1) is 11.7 Å². The maximum absolute atomic E-state index is 13.6. The van der Waals surface area contributed by atoms with Gasteiger partial charge in [-0.25, -0.2) is 4.39 Å². The van der Waals surface area contributed by atoms with Gasteiger partial charge in [0.1, 0.15) is 5.82 Å². The summed E-state index contributed by atoms with van der Waals surface area (Å²) in [6.07, 6.45) is 3.21. The van der Waals surface area contributed by atoms with Gasteiger partial charge in [-0.15, -0.1) is 0 Å². The Morgan fingerprint density at radius 1 is 1.35 bits per heavy atom. The second-order valence-corrected chi connectivity index (χ2v) is 5.97. The predicted octanol–water partition coefficient (Wildman–Crippen LogP) is 3.08. The fourth-order valence-corrected chi connectivity index (χ4v) is 3.05. The predicted molar refractivity (Wildman–Crippen MR) is 82.4 cm³/mol. The molecule has 0 aromatic heterocycles. The molecule has 1 aromatic carbocycles. The summed E-state index contributed by atoms with van der Waals surface area (Å²) in [6.45, 7) is 8.86. The highest BCUT2D eigenvalue weighted by atomic mass is 19.1. The van der Waals surface area contributed by atoms with Gasteiger partial charge in [-0.2, -0.15) is 0 Å². The number of halogens is 1. The lowest BCUT2D eigenvalue weighted by Crippen LogP contribution is -2.48. The quantitative estimate of drug-likeness (QED) is 0.860. The van der Waals surface area contributed by atoms with E-state index in [-0.39, 0.29) is 5.82 Å². The number of likely N-dealkylation sites (tertiary alicyclic amines) is 1. The standard InChI is InChI=1S/C17H27FN2/c1-3-10-19-17-9-12-20(13-14(17)2)11-8-15-6-4-5-7-16(15)18/h4-7,14,17,19H,3,8-13H2,1-2H3. The molecule has 1 aliphatic heterocycles. The van der Waals surface area contributed by atoms with Crippen molar-refractivity contribution in [2.45, 2.75) is 39.2 Å². The van der Waals surface area contributed by atoms with Gasteiger partial charge in [0.05, 0.1) is 0 Å². The van der Waals surface area contributed by atoms with E-state index in [0.29, 0.717) is 12.0 Å². The van der Waals surface area contributed by atoms with E-state index in [1.165, 1.54) is 12.8 Å². The molecule has 20 heavy (non-hydrogen) atoms. The van der Waals surface area contributed by atoms with E-state index >= 15 is 0 Å². The zero-order valence-electron chi connectivity index (χ0n) is 12.7. The molecule has 112 valence electrons. The second kappa shape index (κ2) is 7.75. The molecule has 2 nitrogen and oxygen atoms in total. The number of nitrogens with zero attached hydrogens (tertiary/aromatic N) is 1. The van der Waals surface area contributed by atoms with Crippen LogP contribution in [0.2, 0.25) is 0 Å². The van der Waals surface area contributed by atoms with E-state index in [9.17, 15) is 4.39 Å². The van der Waals surface area contributed by atoms with Crippen molar-refractivity contribution in [3.8, 4) is 0 Å². The Bertz CT molecular complexity index is 408. The second-order valence-electron chi connectivity index (χ2n) is 5.97. The van der Waals surface area contributed by atoms with E-state index in [1.807, 2.05) is 12.1 Å². The molecule has 2 atom stereocenters. The van der Waals surface area contributed by atoms with Gasteiger partial charge >= 0.3 is 0 Å². The molecule has 3 heteroatoms. The highest BCUT2D eigenvalue weighted by molar-refractivity contribution is 5.17. The highest BCUT2D eigenvalue weighted by Crippen LogP contribution is 2.17. The summed E-state index contributed by atoms with van der Waals surface area (Å²) in [5.74, 6) is 0.607. The van der Waals surface area contributed by atoms with Crippen LogP contribution in [0.3, 0.4) is 0 Å². The molecular formula is C17H27FN2. The maximum atomic E-state index is 13.6. The first-order chi connectivity index (χ1) is 9.70. The molecule has 0 spiro atoms. The summed E-state index contributed by atoms with van der Waals surface area (Å²) in [4.78, 5) is 2.47. The summed E-state index contributed by atoms with van der Waals surface area (Å²) >= 11 is 0. The monoisotopic (exact) mass is 278 g/mol. The van der Waals surface area contributed by atoms with Crippen LogP contribution in [0.1, 0.15) is 32.3 Å². The van der Waals surface area contributed by atoms with E-state index in [1.54, 1.807) is 12.1 Å². The van der Waals surface area contributed by atoms with Crippen molar-refractivity contribution in [3.63, 3.8) is 0 Å². The van der Waals surface area contributed by atoms with Gasteiger partial charge in [0.25, 0.3) is 0 Å². The number of hydrogen-bond acceptors (Lipinski definition) is 2. The van der Waals surface area contributed by atoms with Crippen molar-refractivity contribution in [1.29, 1.82) is 0 Å². The molecule has 1 heterocycles. The van der Waals surface area contributed by atoms with E-state index in [0.717, 1.165) is 38.2 Å². The molecule has 0 amide bonds. The Hall–Kier alpha value is -0.930. The van der Waals surface area contributed by atoms with Crippen molar-refractivity contribution in [3.05, 3.63) is 35.6 Å². The number of hydrogen-bond donors (Lipinski definition) is 1. The normalized spacial score (nSPS) is 23.9. The number of rotatable bonds is 6. The molecule has 0 saturated carbocycles. The Morgan fingerprint density at radius 3 is 2.85 bits per heavy atom. The topological polar surface area (TPSA) is 15.3 Å². The van der Waals surface area contributed by atoms with Crippen molar-refractivity contribution in [2.24, 2.45) is 5.92 Å². The Morgan fingerprint density at radius 2 is 2.15 bits per heavy atom. The van der Waals surface area contributed by atoms with Crippen molar-refractivity contribution < 1.29 is 4.39 Å². The minimum Gasteiger partial charge on any atom is -0.314 e. The Balaban J connectivity index is 1.77. The molecule has 0 aliphatic carbocycles. The van der Waals surface area contributed by atoms with Gasteiger partial charge in [-0.05, 0) is 49.9 Å². The van der Waals surface area contributed by atoms with Crippen molar-refractivity contribution in [2.75, 3.05) is 26.2 Å². The summed E-state index contributed by atoms with van der Waals surface area (Å²) in [5.41, 5.74) is 0.839. The fraction of sp³-hybridized carbons (Fsp3) is 0.647. The minimum atomic E-state index is -0.0694. The molecule has 1 saturated heterocycles. The molecular weight excluding hydrogens is 251 g/mol. The van der Waals surface area contributed by atoms with Gasteiger partial charge in [-0.3, -0.25) is 0 Å². The third-order valence-electron chi connectivity index (χ3n) is 4.30. The van der Waals surface area contributed by atoms with E-state index in [2.05, 4.69) is 24.1 Å². The molecule has 2 unspecified atom stereocenters. The number of piperidine rings is 1. The molecule has 1 aliphatic rings. The van der Waals surface area contributed by atoms with Crippen LogP contribution in [0.15, 0.2) is 24.3 Å². The SMILES string of the molecule is CCCNC1CCN(CCc2ccccc2F)CC1C. The minimum absolute atomic E-state index is 0.0694. The summed E-state index contributed by atoms with van der Waals surface area (Å²) < 4.78 is 13.6. The van der Waals surface area contributed by atoms with Crippen LogP contribution < -0.4 is 5.32 Å². The first kappa shape index (κ1) is 15.5. The van der Waals surface area contributed by atoms with Gasteiger partial charge in [0.2, 0.25) is 0 Å². The van der Waals surface area contributed by atoms with Crippen molar-refractivity contribution in [1.82, 2.24) is 10.2 Å². The molecule has 1 N–H and O–H groups in total. The van der Waals surface area contributed by atoms with Gasteiger partial charge < -0.3 is 10.2 Å². The van der Waals surface area contributed by atoms with Crippen LogP contribution >= 0.6 is 0 Å². The van der Waals surface area contributed by atoms with Gasteiger partial charge in [-0.1, -0.05) is 32.0 Å². The Kier molecular flexibility index (Phi) is 5.99. The van der Waals surface area contributed by atoms with Crippen LogP contribution in [0.5, 0.6) is 0 Å². The number of nitrogens with one attached hydrogen (secondary N) is 1. The summed E-state index contributed by atoms with van der Waals surface area (Å²) in [6, 6.07) is 7.78. The molecule has 1 fully saturated rings. The molecule has 0 bridgehead atoms. The molecule has 1 aromatic rings. The lowest BCUT2D eigenvalue weighted by molar-refractivity contribution is 0.148. The van der Waals surface area contributed by atoms with Gasteiger partial charge in [0, 0.05) is 19.1 Å². The summed E-state index contributed by atoms with van der Waals surface area (Å²) in [5, 5.41) is 3.64. The van der Waals surface area contributed by atoms with Crippen LogP contribution in [-0.2, 0) is 6.42 Å². The smallest absolute Gasteiger partial charge is 0.126 e. The van der Waals surface area contributed by atoms with Crippen LogP contribution in [0.25, 0.3) is 0 Å². The molecule has 2 rings (SSSR count).